The van der Waals surface area contributed by atoms with Crippen molar-refractivity contribution in [3.63, 3.8) is 0 Å². The molecule has 20 heavy (non-hydrogen) atoms. The third kappa shape index (κ3) is 6.72. The largest absolute Gasteiger partial charge is 0.378 e. The minimum absolute atomic E-state index is 0.138. The Morgan fingerprint density at radius 2 is 1.70 bits per heavy atom. The molecule has 0 aliphatic carbocycles. The zero-order valence-corrected chi connectivity index (χ0v) is 11.4. The van der Waals surface area contributed by atoms with Crippen molar-refractivity contribution in [3.8, 4) is 0 Å². The standard InChI is InChI=1S/C13H20N4O3/c1-10(18)16-11-2-4-12(5-3-11)17-13(19)15-7-9-20-8-6-14/h2-5H,6-9,14H2,1H3,(H,16,18)(H2,15,17,19). The van der Waals surface area contributed by atoms with Crippen molar-refractivity contribution in [2.75, 3.05) is 36.9 Å². The molecule has 0 spiro atoms. The summed E-state index contributed by atoms with van der Waals surface area (Å²) in [5, 5.41) is 7.97. The van der Waals surface area contributed by atoms with E-state index in [2.05, 4.69) is 16.0 Å². The minimum atomic E-state index is -0.311. The highest BCUT2D eigenvalue weighted by molar-refractivity contribution is 5.91. The molecular formula is C13H20N4O3. The van der Waals surface area contributed by atoms with Gasteiger partial charge in [0.05, 0.1) is 13.2 Å². The number of ether oxygens (including phenoxy) is 1. The van der Waals surface area contributed by atoms with E-state index in [1.165, 1.54) is 6.92 Å². The van der Waals surface area contributed by atoms with Crippen LogP contribution in [0.1, 0.15) is 6.92 Å². The topological polar surface area (TPSA) is 105 Å². The Balaban J connectivity index is 2.29. The normalized spacial score (nSPS) is 9.90. The average Bonchev–Trinajstić information content (AvgIpc) is 2.40. The zero-order valence-electron chi connectivity index (χ0n) is 11.4. The Bertz CT molecular complexity index is 434. The van der Waals surface area contributed by atoms with Crippen LogP contribution in [0.5, 0.6) is 0 Å². The maximum absolute atomic E-state index is 11.5. The van der Waals surface area contributed by atoms with Gasteiger partial charge >= 0.3 is 6.03 Å². The van der Waals surface area contributed by atoms with Crippen LogP contribution in [0, 0.1) is 0 Å². The number of carbonyl (C=O) groups is 2. The molecule has 0 saturated heterocycles. The lowest BCUT2D eigenvalue weighted by Crippen LogP contribution is -2.31. The van der Waals surface area contributed by atoms with Gasteiger partial charge in [-0.25, -0.2) is 4.79 Å². The first-order valence-corrected chi connectivity index (χ1v) is 6.32. The molecule has 7 nitrogen and oxygen atoms in total. The van der Waals surface area contributed by atoms with Gasteiger partial charge in [-0.2, -0.15) is 0 Å². The van der Waals surface area contributed by atoms with Gasteiger partial charge in [0, 0.05) is 31.4 Å². The molecule has 0 atom stereocenters. The van der Waals surface area contributed by atoms with Gasteiger partial charge in [0.15, 0.2) is 0 Å². The highest BCUT2D eigenvalue weighted by Gasteiger charge is 2.01. The third-order valence-corrected chi connectivity index (χ3v) is 2.26. The van der Waals surface area contributed by atoms with Gasteiger partial charge in [-0.3, -0.25) is 4.79 Å². The van der Waals surface area contributed by atoms with Crippen LogP contribution in [-0.4, -0.2) is 38.2 Å². The van der Waals surface area contributed by atoms with E-state index in [1.54, 1.807) is 24.3 Å². The molecule has 0 bridgehead atoms. The Morgan fingerprint density at radius 3 is 2.25 bits per heavy atom. The van der Waals surface area contributed by atoms with Crippen LogP contribution in [0.3, 0.4) is 0 Å². The first-order chi connectivity index (χ1) is 9.61. The molecule has 0 heterocycles. The number of amides is 3. The number of nitrogens with one attached hydrogen (secondary N) is 3. The lowest BCUT2D eigenvalue weighted by atomic mass is 10.3. The molecule has 0 aliphatic heterocycles. The van der Waals surface area contributed by atoms with Crippen LogP contribution in [0.2, 0.25) is 0 Å². The number of carbonyl (C=O) groups excluding carboxylic acids is 2. The maximum atomic E-state index is 11.5. The Labute approximate surface area is 117 Å². The molecule has 0 unspecified atom stereocenters. The van der Waals surface area contributed by atoms with Crippen molar-refractivity contribution in [2.45, 2.75) is 6.92 Å². The summed E-state index contributed by atoms with van der Waals surface area (Å²) in [5.41, 5.74) is 6.58. The molecule has 1 aromatic rings. The summed E-state index contributed by atoms with van der Waals surface area (Å²) in [5.74, 6) is -0.138. The second-order valence-electron chi connectivity index (χ2n) is 4.04. The van der Waals surface area contributed by atoms with E-state index in [1.807, 2.05) is 0 Å². The lowest BCUT2D eigenvalue weighted by Gasteiger charge is -2.08. The summed E-state index contributed by atoms with van der Waals surface area (Å²) in [7, 11) is 0. The molecule has 1 rings (SSSR count). The van der Waals surface area contributed by atoms with Crippen molar-refractivity contribution in [1.82, 2.24) is 5.32 Å². The Kier molecular flexibility index (Phi) is 7.08. The fourth-order valence-corrected chi connectivity index (χ4v) is 1.44. The zero-order chi connectivity index (χ0) is 14.8. The SMILES string of the molecule is CC(=O)Nc1ccc(NC(=O)NCCOCCN)cc1. The number of benzene rings is 1. The number of anilines is 2. The third-order valence-electron chi connectivity index (χ3n) is 2.26. The van der Waals surface area contributed by atoms with Crippen molar-refractivity contribution in [2.24, 2.45) is 5.73 Å². The van der Waals surface area contributed by atoms with E-state index in [0.29, 0.717) is 37.7 Å². The molecule has 7 heteroatoms. The molecule has 110 valence electrons. The van der Waals surface area contributed by atoms with Crippen LogP contribution in [-0.2, 0) is 9.53 Å². The molecule has 5 N–H and O–H groups in total. The van der Waals surface area contributed by atoms with E-state index in [-0.39, 0.29) is 11.9 Å². The highest BCUT2D eigenvalue weighted by atomic mass is 16.5. The number of hydrogen-bond donors (Lipinski definition) is 4. The van der Waals surface area contributed by atoms with Gasteiger partial charge in [0.1, 0.15) is 0 Å². The number of nitrogens with two attached hydrogens (primary N) is 1. The highest BCUT2D eigenvalue weighted by Crippen LogP contribution is 2.13. The van der Waals surface area contributed by atoms with Crippen LogP contribution in [0.15, 0.2) is 24.3 Å². The fourth-order valence-electron chi connectivity index (χ4n) is 1.44. The fraction of sp³-hybridized carbons (Fsp3) is 0.385. The predicted molar refractivity (Wildman–Crippen MR) is 77.6 cm³/mol. The van der Waals surface area contributed by atoms with Crippen molar-refractivity contribution < 1.29 is 14.3 Å². The van der Waals surface area contributed by atoms with Crippen LogP contribution < -0.4 is 21.7 Å². The van der Waals surface area contributed by atoms with Crippen LogP contribution in [0.25, 0.3) is 0 Å². The van der Waals surface area contributed by atoms with Crippen molar-refractivity contribution in [1.29, 1.82) is 0 Å². The average molecular weight is 280 g/mol. The van der Waals surface area contributed by atoms with E-state index >= 15 is 0 Å². The molecule has 0 fully saturated rings. The second kappa shape index (κ2) is 8.89. The summed E-state index contributed by atoms with van der Waals surface area (Å²) in [6.07, 6.45) is 0. The number of hydrogen-bond acceptors (Lipinski definition) is 4. The second-order valence-corrected chi connectivity index (χ2v) is 4.04. The van der Waals surface area contributed by atoms with Gasteiger partial charge in [-0.15, -0.1) is 0 Å². The molecule has 1 aromatic carbocycles. The lowest BCUT2D eigenvalue weighted by molar-refractivity contribution is -0.114. The minimum Gasteiger partial charge on any atom is -0.378 e. The van der Waals surface area contributed by atoms with Gasteiger partial charge in [-0.1, -0.05) is 0 Å². The first-order valence-electron chi connectivity index (χ1n) is 6.32. The van der Waals surface area contributed by atoms with E-state index in [0.717, 1.165) is 0 Å². The molecule has 0 saturated carbocycles. The first kappa shape index (κ1) is 15.9. The monoisotopic (exact) mass is 280 g/mol. The van der Waals surface area contributed by atoms with E-state index < -0.39 is 0 Å². The Morgan fingerprint density at radius 1 is 1.10 bits per heavy atom. The van der Waals surface area contributed by atoms with Crippen LogP contribution >= 0.6 is 0 Å². The van der Waals surface area contributed by atoms with Gasteiger partial charge < -0.3 is 26.4 Å². The summed E-state index contributed by atoms with van der Waals surface area (Å²) < 4.78 is 5.13. The molecule has 3 amide bonds. The van der Waals surface area contributed by atoms with E-state index in [4.69, 9.17) is 10.5 Å². The molecular weight excluding hydrogens is 260 g/mol. The van der Waals surface area contributed by atoms with E-state index in [9.17, 15) is 9.59 Å². The maximum Gasteiger partial charge on any atom is 0.319 e. The molecule has 0 radical (unpaired) electrons. The smallest absolute Gasteiger partial charge is 0.319 e. The summed E-state index contributed by atoms with van der Waals surface area (Å²) in [6.45, 7) is 3.22. The molecule has 0 aromatic heterocycles. The molecule has 0 aliphatic rings. The van der Waals surface area contributed by atoms with Crippen LogP contribution in [0.4, 0.5) is 16.2 Å². The quantitative estimate of drug-likeness (QED) is 0.553. The summed E-state index contributed by atoms with van der Waals surface area (Å²) >= 11 is 0. The Hall–Kier alpha value is -2.12. The van der Waals surface area contributed by atoms with Gasteiger partial charge in [-0.05, 0) is 24.3 Å². The summed E-state index contributed by atoms with van der Waals surface area (Å²) in [4.78, 5) is 22.4. The van der Waals surface area contributed by atoms with Crippen molar-refractivity contribution >= 4 is 23.3 Å². The van der Waals surface area contributed by atoms with Gasteiger partial charge in [0.2, 0.25) is 5.91 Å². The predicted octanol–water partition coefficient (Wildman–Crippen LogP) is 0.742. The number of rotatable bonds is 7. The summed E-state index contributed by atoms with van der Waals surface area (Å²) in [6, 6.07) is 6.52. The van der Waals surface area contributed by atoms with Crippen molar-refractivity contribution in [3.05, 3.63) is 24.3 Å². The van der Waals surface area contributed by atoms with Gasteiger partial charge in [0.25, 0.3) is 0 Å². The number of urea groups is 1.